The lowest BCUT2D eigenvalue weighted by Crippen LogP contribution is -2.53. The molecular formula is C26H36N4O4. The fourth-order valence-electron chi connectivity index (χ4n) is 5.41. The lowest BCUT2D eigenvalue weighted by Gasteiger charge is -2.32. The summed E-state index contributed by atoms with van der Waals surface area (Å²) < 4.78 is 6.02. The summed E-state index contributed by atoms with van der Waals surface area (Å²) in [5.41, 5.74) is 1.65. The monoisotopic (exact) mass is 468 g/mol. The van der Waals surface area contributed by atoms with Gasteiger partial charge in [0.25, 0.3) is 0 Å². The summed E-state index contributed by atoms with van der Waals surface area (Å²) in [6.07, 6.45) is 5.49. The molecule has 184 valence electrons. The highest BCUT2D eigenvalue weighted by Gasteiger charge is 2.53. The topological polar surface area (TPSA) is 99.8 Å². The summed E-state index contributed by atoms with van der Waals surface area (Å²) in [5, 5.41) is 9.02. The van der Waals surface area contributed by atoms with Gasteiger partial charge in [-0.3, -0.25) is 14.4 Å². The van der Waals surface area contributed by atoms with Crippen molar-refractivity contribution in [1.82, 2.24) is 20.9 Å². The number of aryl methyl sites for hydroxylation is 1. The molecule has 5 atom stereocenters. The third kappa shape index (κ3) is 4.74. The van der Waals surface area contributed by atoms with E-state index in [-0.39, 0.29) is 30.3 Å². The molecule has 1 aliphatic carbocycles. The Labute approximate surface area is 201 Å². The van der Waals surface area contributed by atoms with E-state index >= 15 is 0 Å². The average molecular weight is 469 g/mol. The number of nitrogens with one attached hydrogen (secondary N) is 3. The van der Waals surface area contributed by atoms with Gasteiger partial charge in [0.05, 0.1) is 24.1 Å². The summed E-state index contributed by atoms with van der Waals surface area (Å²) in [6, 6.07) is 7.16. The van der Waals surface area contributed by atoms with Crippen molar-refractivity contribution in [3.05, 3.63) is 48.0 Å². The minimum Gasteiger partial charge on any atom is -0.358 e. The first kappa shape index (κ1) is 24.4. The van der Waals surface area contributed by atoms with Crippen LogP contribution in [0.1, 0.15) is 56.2 Å². The standard InChI is InChI=1S/C26H36N4O4/c1-4-13-26(25(33)29-20-11-7-9-18-8-5-6-10-19(18)20)15-22-30(16-26)24(32)21(12-14-34-22)28-23(31)17(2)27-3/h4-6,8,10,17,20-22,27H,1,7,9,11-16H2,2-3H3,(H,28,31)(H,29,33)/t17?,20-,21+,22+,26?/m1/s1. The number of carbonyl (C=O) groups excluding carboxylic acids is 3. The molecule has 2 unspecified atom stereocenters. The summed E-state index contributed by atoms with van der Waals surface area (Å²) in [7, 11) is 1.70. The van der Waals surface area contributed by atoms with Gasteiger partial charge in [-0.15, -0.1) is 6.58 Å². The number of carbonyl (C=O) groups is 3. The smallest absolute Gasteiger partial charge is 0.247 e. The van der Waals surface area contributed by atoms with Crippen LogP contribution in [0.25, 0.3) is 0 Å². The predicted octanol–water partition coefficient (Wildman–Crippen LogP) is 1.81. The molecule has 1 aromatic rings. The summed E-state index contributed by atoms with van der Waals surface area (Å²) in [5.74, 6) is -0.492. The van der Waals surface area contributed by atoms with Crippen LogP contribution in [0.3, 0.4) is 0 Å². The van der Waals surface area contributed by atoms with Crippen molar-refractivity contribution in [1.29, 1.82) is 0 Å². The molecule has 0 aromatic heterocycles. The number of fused-ring (bicyclic) bond motifs is 2. The highest BCUT2D eigenvalue weighted by Crippen LogP contribution is 2.41. The summed E-state index contributed by atoms with van der Waals surface area (Å²) in [4.78, 5) is 41.2. The Morgan fingerprint density at radius 2 is 2.06 bits per heavy atom. The van der Waals surface area contributed by atoms with E-state index in [2.05, 4.69) is 34.7 Å². The maximum absolute atomic E-state index is 13.7. The third-order valence-corrected chi connectivity index (χ3v) is 7.52. The summed E-state index contributed by atoms with van der Waals surface area (Å²) >= 11 is 0. The third-order valence-electron chi connectivity index (χ3n) is 7.52. The number of hydrogen-bond acceptors (Lipinski definition) is 5. The molecule has 2 aliphatic heterocycles. The van der Waals surface area contributed by atoms with Gasteiger partial charge < -0.3 is 25.6 Å². The number of benzene rings is 1. The Balaban J connectivity index is 1.51. The van der Waals surface area contributed by atoms with Crippen LogP contribution in [0.15, 0.2) is 36.9 Å². The molecule has 8 heteroatoms. The second-order valence-electron chi connectivity index (χ2n) is 9.75. The van der Waals surface area contributed by atoms with E-state index in [1.54, 1.807) is 24.9 Å². The van der Waals surface area contributed by atoms with Crippen LogP contribution in [-0.2, 0) is 25.5 Å². The quantitative estimate of drug-likeness (QED) is 0.530. The second kappa shape index (κ2) is 10.3. The number of amides is 3. The van der Waals surface area contributed by atoms with Crippen LogP contribution in [-0.4, -0.2) is 61.1 Å². The molecule has 0 radical (unpaired) electrons. The number of allylic oxidation sites excluding steroid dienone is 1. The van der Waals surface area contributed by atoms with Gasteiger partial charge in [0.2, 0.25) is 17.7 Å². The van der Waals surface area contributed by atoms with Gasteiger partial charge >= 0.3 is 0 Å². The van der Waals surface area contributed by atoms with Gasteiger partial charge in [-0.25, -0.2) is 0 Å². The van der Waals surface area contributed by atoms with E-state index in [0.717, 1.165) is 19.3 Å². The number of nitrogens with zero attached hydrogens (tertiary/aromatic N) is 1. The Kier molecular flexibility index (Phi) is 7.38. The SMILES string of the molecule is C=CCC1(C(=O)N[C@@H]2CCCc3ccccc32)C[C@@H]2OCC[C@H](NC(=O)C(C)NC)C(=O)N2C1. The minimum atomic E-state index is -0.807. The van der Waals surface area contributed by atoms with Gasteiger partial charge in [-0.1, -0.05) is 30.3 Å². The normalized spacial score (nSPS) is 29.4. The molecule has 4 rings (SSSR count). The van der Waals surface area contributed by atoms with E-state index in [1.165, 1.54) is 11.1 Å². The van der Waals surface area contributed by atoms with Crippen molar-refractivity contribution in [2.24, 2.45) is 5.41 Å². The van der Waals surface area contributed by atoms with Crippen molar-refractivity contribution in [2.75, 3.05) is 20.2 Å². The fourth-order valence-corrected chi connectivity index (χ4v) is 5.41. The average Bonchev–Trinajstić information content (AvgIpc) is 3.16. The minimum absolute atomic E-state index is 0.0359. The zero-order valence-electron chi connectivity index (χ0n) is 20.1. The van der Waals surface area contributed by atoms with E-state index in [1.807, 2.05) is 12.1 Å². The largest absolute Gasteiger partial charge is 0.358 e. The molecule has 2 saturated heterocycles. The molecule has 2 heterocycles. The first-order chi connectivity index (χ1) is 16.4. The molecule has 3 aliphatic rings. The van der Waals surface area contributed by atoms with Gasteiger partial charge in [0, 0.05) is 19.4 Å². The highest BCUT2D eigenvalue weighted by molar-refractivity contribution is 5.91. The van der Waals surface area contributed by atoms with E-state index in [4.69, 9.17) is 4.74 Å². The zero-order valence-corrected chi connectivity index (χ0v) is 20.1. The highest BCUT2D eigenvalue weighted by atomic mass is 16.5. The van der Waals surface area contributed by atoms with Crippen LogP contribution >= 0.6 is 0 Å². The number of rotatable bonds is 7. The van der Waals surface area contributed by atoms with Gasteiger partial charge in [0.15, 0.2) is 0 Å². The molecule has 2 fully saturated rings. The van der Waals surface area contributed by atoms with Crippen molar-refractivity contribution >= 4 is 17.7 Å². The van der Waals surface area contributed by atoms with Crippen molar-refractivity contribution in [3.8, 4) is 0 Å². The van der Waals surface area contributed by atoms with Crippen LogP contribution in [0.4, 0.5) is 0 Å². The lowest BCUT2D eigenvalue weighted by atomic mass is 9.80. The van der Waals surface area contributed by atoms with Crippen molar-refractivity contribution < 1.29 is 19.1 Å². The second-order valence-corrected chi connectivity index (χ2v) is 9.75. The van der Waals surface area contributed by atoms with Crippen LogP contribution in [0, 0.1) is 5.41 Å². The Morgan fingerprint density at radius 1 is 1.26 bits per heavy atom. The first-order valence-corrected chi connectivity index (χ1v) is 12.3. The molecule has 3 amide bonds. The van der Waals surface area contributed by atoms with Crippen LogP contribution < -0.4 is 16.0 Å². The maximum Gasteiger partial charge on any atom is 0.247 e. The maximum atomic E-state index is 13.7. The molecule has 1 aromatic carbocycles. The molecule has 3 N–H and O–H groups in total. The molecule has 0 bridgehead atoms. The van der Waals surface area contributed by atoms with Gasteiger partial charge in [-0.2, -0.15) is 0 Å². The lowest BCUT2D eigenvalue weighted by molar-refractivity contribution is -0.141. The Hall–Kier alpha value is -2.71. The van der Waals surface area contributed by atoms with Gasteiger partial charge in [-0.05, 0) is 50.8 Å². The molecule has 34 heavy (non-hydrogen) atoms. The van der Waals surface area contributed by atoms with Gasteiger partial charge in [0.1, 0.15) is 12.3 Å². The number of ether oxygens (including phenoxy) is 1. The van der Waals surface area contributed by atoms with E-state index < -0.39 is 23.7 Å². The molecule has 0 saturated carbocycles. The molecule has 0 spiro atoms. The fraction of sp³-hybridized carbons (Fsp3) is 0.577. The van der Waals surface area contributed by atoms with Crippen molar-refractivity contribution in [2.45, 2.75) is 69.8 Å². The summed E-state index contributed by atoms with van der Waals surface area (Å²) in [6.45, 7) is 6.22. The Morgan fingerprint density at radius 3 is 2.82 bits per heavy atom. The number of hydrogen-bond donors (Lipinski definition) is 3. The van der Waals surface area contributed by atoms with Crippen LogP contribution in [0.5, 0.6) is 0 Å². The van der Waals surface area contributed by atoms with E-state index in [0.29, 0.717) is 25.9 Å². The van der Waals surface area contributed by atoms with E-state index in [9.17, 15) is 14.4 Å². The molecule has 8 nitrogen and oxygen atoms in total. The zero-order chi connectivity index (χ0) is 24.3. The number of likely N-dealkylation sites (N-methyl/N-ethyl adjacent to an activating group) is 1. The predicted molar refractivity (Wildman–Crippen MR) is 129 cm³/mol. The first-order valence-electron chi connectivity index (χ1n) is 12.3. The molecular weight excluding hydrogens is 432 g/mol. The van der Waals surface area contributed by atoms with Crippen molar-refractivity contribution in [3.63, 3.8) is 0 Å². The Bertz CT molecular complexity index is 950. The van der Waals surface area contributed by atoms with Crippen LogP contribution in [0.2, 0.25) is 0 Å².